The van der Waals surface area contributed by atoms with Crippen molar-refractivity contribution in [2.75, 3.05) is 20.3 Å². The van der Waals surface area contributed by atoms with E-state index in [4.69, 9.17) is 9.16 Å². The Balaban J connectivity index is 5.36. The Labute approximate surface area is 135 Å². The lowest BCUT2D eigenvalue weighted by atomic mass is 9.99. The second-order valence-corrected chi connectivity index (χ2v) is 14.0. The van der Waals surface area contributed by atoms with Crippen LogP contribution in [0.1, 0.15) is 62.3 Å². The van der Waals surface area contributed by atoms with Gasteiger partial charge in [0.25, 0.3) is 0 Å². The summed E-state index contributed by atoms with van der Waals surface area (Å²) in [6.45, 7) is 22.6. The Morgan fingerprint density at radius 1 is 0.619 bits per heavy atom. The van der Waals surface area contributed by atoms with Crippen molar-refractivity contribution in [2.45, 2.75) is 80.4 Å². The zero-order valence-electron chi connectivity index (χ0n) is 16.4. The third-order valence-corrected chi connectivity index (χ3v) is 9.18. The monoisotopic (exact) mass is 316 g/mol. The average molecular weight is 317 g/mol. The summed E-state index contributed by atoms with van der Waals surface area (Å²) in [5.74, 6) is 0. The van der Waals surface area contributed by atoms with E-state index in [-0.39, 0.29) is 0 Å². The van der Waals surface area contributed by atoms with Gasteiger partial charge in [0.15, 0.2) is 8.32 Å². The molecule has 0 saturated carbocycles. The van der Waals surface area contributed by atoms with Gasteiger partial charge < -0.3 is 9.16 Å². The Kier molecular flexibility index (Phi) is 7.66. The van der Waals surface area contributed by atoms with Gasteiger partial charge in [-0.2, -0.15) is 0 Å². The number of rotatable bonds is 7. The summed E-state index contributed by atoms with van der Waals surface area (Å²) in [4.78, 5) is 0. The average Bonchev–Trinajstić information content (AvgIpc) is 2.08. The topological polar surface area (TPSA) is 18.5 Å². The minimum atomic E-state index is -1.82. The van der Waals surface area contributed by atoms with Gasteiger partial charge in [-0.3, -0.25) is 0 Å². The highest BCUT2D eigenvalue weighted by atomic mass is 28.4. The van der Waals surface area contributed by atoms with Crippen molar-refractivity contribution >= 4 is 8.32 Å². The summed E-state index contributed by atoms with van der Waals surface area (Å²) in [5, 5.41) is 0. The van der Waals surface area contributed by atoms with Gasteiger partial charge in [0.1, 0.15) is 0 Å². The summed E-state index contributed by atoms with van der Waals surface area (Å²) >= 11 is 0. The summed E-state index contributed by atoms with van der Waals surface area (Å²) in [5.41, 5.74) is 0.946. The summed E-state index contributed by atoms with van der Waals surface area (Å²) in [6.07, 6.45) is 0. The van der Waals surface area contributed by atoms with E-state index in [2.05, 4.69) is 62.3 Å². The zero-order valence-corrected chi connectivity index (χ0v) is 17.4. The highest BCUT2D eigenvalue weighted by Crippen LogP contribution is 2.43. The van der Waals surface area contributed by atoms with Gasteiger partial charge in [-0.05, 0) is 34.4 Å². The lowest BCUT2D eigenvalue weighted by Crippen LogP contribution is -2.47. The van der Waals surface area contributed by atoms with Gasteiger partial charge >= 0.3 is 0 Å². The molecule has 0 aromatic heterocycles. The molecule has 0 aromatic rings. The fourth-order valence-electron chi connectivity index (χ4n) is 3.58. The van der Waals surface area contributed by atoms with Crippen LogP contribution < -0.4 is 0 Å². The van der Waals surface area contributed by atoms with Crippen LogP contribution in [0.25, 0.3) is 0 Å². The van der Waals surface area contributed by atoms with Crippen LogP contribution in [0.3, 0.4) is 0 Å². The van der Waals surface area contributed by atoms with Crippen molar-refractivity contribution in [1.82, 2.24) is 0 Å². The van der Waals surface area contributed by atoms with Gasteiger partial charge in [-0.15, -0.1) is 0 Å². The van der Waals surface area contributed by atoms with E-state index in [0.29, 0.717) is 22.9 Å². The second kappa shape index (κ2) is 7.61. The number of hydrogen-bond donors (Lipinski definition) is 0. The highest BCUT2D eigenvalue weighted by molar-refractivity contribution is 6.74. The third-order valence-electron chi connectivity index (χ3n) is 3.25. The molecule has 0 radical (unpaired) electrons. The Bertz CT molecular complexity index is 251. The van der Waals surface area contributed by atoms with Crippen LogP contribution in [0.5, 0.6) is 0 Å². The molecule has 0 fully saturated rings. The smallest absolute Gasteiger partial charge is 0.194 e. The standard InChI is InChI=1S/C18H40O2Si/c1-16(2,3)13-21(14-17(4,5)6,15-18(7,8)9)20-12-11-19-10/h11-15H2,1-10H3. The van der Waals surface area contributed by atoms with E-state index in [1.54, 1.807) is 7.11 Å². The lowest BCUT2D eigenvalue weighted by molar-refractivity contribution is 0.134. The minimum absolute atomic E-state index is 0.315. The molecule has 0 rings (SSSR count). The van der Waals surface area contributed by atoms with Gasteiger partial charge in [0.05, 0.1) is 13.2 Å². The Morgan fingerprint density at radius 3 is 1.19 bits per heavy atom. The molecule has 0 saturated heterocycles. The number of methoxy groups -OCH3 is 1. The predicted octanol–water partition coefficient (Wildman–Crippen LogP) is 5.73. The molecule has 0 heterocycles. The maximum absolute atomic E-state index is 6.61. The third kappa shape index (κ3) is 11.4. The molecule has 0 aliphatic rings. The quantitative estimate of drug-likeness (QED) is 0.441. The van der Waals surface area contributed by atoms with Crippen molar-refractivity contribution < 1.29 is 9.16 Å². The molecule has 0 N–H and O–H groups in total. The van der Waals surface area contributed by atoms with Gasteiger partial charge in [0.2, 0.25) is 0 Å². The fourth-order valence-corrected chi connectivity index (χ4v) is 10.6. The highest BCUT2D eigenvalue weighted by Gasteiger charge is 2.44. The molecule has 0 aliphatic heterocycles. The molecule has 0 bridgehead atoms. The van der Waals surface area contributed by atoms with Crippen LogP contribution in [-0.4, -0.2) is 28.6 Å². The first-order valence-electron chi connectivity index (χ1n) is 8.31. The van der Waals surface area contributed by atoms with Crippen molar-refractivity contribution in [3.05, 3.63) is 0 Å². The van der Waals surface area contributed by atoms with Crippen LogP contribution in [-0.2, 0) is 9.16 Å². The first-order chi connectivity index (χ1) is 9.18. The van der Waals surface area contributed by atoms with Crippen LogP contribution in [0.15, 0.2) is 0 Å². The molecular formula is C18H40O2Si. The van der Waals surface area contributed by atoms with Crippen molar-refractivity contribution in [3.8, 4) is 0 Å². The molecule has 0 unspecified atom stereocenters. The van der Waals surface area contributed by atoms with E-state index in [1.807, 2.05) is 0 Å². The molecule has 128 valence electrons. The number of ether oxygens (including phenoxy) is 1. The van der Waals surface area contributed by atoms with E-state index in [0.717, 1.165) is 6.61 Å². The molecule has 0 spiro atoms. The van der Waals surface area contributed by atoms with Crippen molar-refractivity contribution in [2.24, 2.45) is 16.2 Å². The van der Waals surface area contributed by atoms with E-state index in [1.165, 1.54) is 18.1 Å². The summed E-state index contributed by atoms with van der Waals surface area (Å²) in [7, 11) is -0.0652. The van der Waals surface area contributed by atoms with Crippen molar-refractivity contribution in [3.63, 3.8) is 0 Å². The molecule has 0 atom stereocenters. The summed E-state index contributed by atoms with van der Waals surface area (Å²) < 4.78 is 11.8. The summed E-state index contributed by atoms with van der Waals surface area (Å²) in [6, 6.07) is 3.66. The van der Waals surface area contributed by atoms with Gasteiger partial charge in [-0.1, -0.05) is 62.3 Å². The molecule has 2 nitrogen and oxygen atoms in total. The van der Waals surface area contributed by atoms with E-state index in [9.17, 15) is 0 Å². The van der Waals surface area contributed by atoms with E-state index >= 15 is 0 Å². The largest absolute Gasteiger partial charge is 0.414 e. The predicted molar refractivity (Wildman–Crippen MR) is 96.4 cm³/mol. The molecular weight excluding hydrogens is 276 g/mol. The van der Waals surface area contributed by atoms with Crippen molar-refractivity contribution in [1.29, 1.82) is 0 Å². The van der Waals surface area contributed by atoms with Crippen LogP contribution in [0.4, 0.5) is 0 Å². The maximum atomic E-state index is 6.61. The minimum Gasteiger partial charge on any atom is -0.414 e. The Hall–Kier alpha value is 0.137. The first kappa shape index (κ1) is 21.1. The van der Waals surface area contributed by atoms with Crippen LogP contribution in [0, 0.1) is 16.2 Å². The zero-order chi connectivity index (χ0) is 16.9. The van der Waals surface area contributed by atoms with Gasteiger partial charge in [0, 0.05) is 7.11 Å². The Morgan fingerprint density at radius 2 is 0.952 bits per heavy atom. The SMILES string of the molecule is COCCO[Si](CC(C)(C)C)(CC(C)(C)C)CC(C)(C)C. The lowest BCUT2D eigenvalue weighted by Gasteiger charge is -2.43. The van der Waals surface area contributed by atoms with E-state index < -0.39 is 8.32 Å². The number of hydrogen-bond acceptors (Lipinski definition) is 2. The maximum Gasteiger partial charge on any atom is 0.194 e. The molecule has 0 amide bonds. The first-order valence-corrected chi connectivity index (χ1v) is 10.8. The second-order valence-electron chi connectivity index (χ2n) is 10.2. The normalized spacial score (nSPS) is 14.6. The molecule has 0 aliphatic carbocycles. The van der Waals surface area contributed by atoms with Crippen LogP contribution in [0.2, 0.25) is 18.1 Å². The molecule has 3 heteroatoms. The molecule has 0 aromatic carbocycles. The van der Waals surface area contributed by atoms with Crippen LogP contribution >= 0.6 is 0 Å². The van der Waals surface area contributed by atoms with Gasteiger partial charge in [-0.25, -0.2) is 0 Å². The molecule has 21 heavy (non-hydrogen) atoms. The fraction of sp³-hybridized carbons (Fsp3) is 1.00.